The summed E-state index contributed by atoms with van der Waals surface area (Å²) in [5, 5.41) is 0. The fourth-order valence-corrected chi connectivity index (χ4v) is 4.24. The number of fused-ring (bicyclic) bond motifs is 3. The third-order valence-electron chi connectivity index (χ3n) is 5.97. The first-order valence-corrected chi connectivity index (χ1v) is 11.3. The fraction of sp³-hybridized carbons (Fsp3) is 0.435. The van der Waals surface area contributed by atoms with E-state index in [9.17, 15) is 4.79 Å². The van der Waals surface area contributed by atoms with Gasteiger partial charge in [0.05, 0.1) is 39.0 Å². The minimum Gasteiger partial charge on any atom is -0.491 e. The second kappa shape index (κ2) is 9.74. The molecule has 0 atom stereocenters. The summed E-state index contributed by atoms with van der Waals surface area (Å²) in [5.74, 6) is 2.31. The average molecular weight is 466 g/mol. The second-order valence-corrected chi connectivity index (χ2v) is 8.10. The maximum atomic E-state index is 11.4. The number of carbonyl (C=O) groups excluding carboxylic acids is 1. The Morgan fingerprint density at radius 1 is 1.15 bits per heavy atom. The van der Waals surface area contributed by atoms with Crippen molar-refractivity contribution in [3.05, 3.63) is 41.5 Å². The molecule has 178 valence electrons. The number of nitrogens with two attached hydrogens (primary N) is 1. The second-order valence-electron chi connectivity index (χ2n) is 8.10. The summed E-state index contributed by atoms with van der Waals surface area (Å²) in [4.78, 5) is 33.9. The first-order valence-electron chi connectivity index (χ1n) is 11.3. The Morgan fingerprint density at radius 2 is 1.94 bits per heavy atom. The van der Waals surface area contributed by atoms with E-state index >= 15 is 0 Å². The number of carbonyl (C=O) groups is 1. The zero-order chi connectivity index (χ0) is 23.5. The highest BCUT2D eigenvalue weighted by Gasteiger charge is 2.34. The van der Waals surface area contributed by atoms with Crippen LogP contribution in [0.4, 0.5) is 5.69 Å². The summed E-state index contributed by atoms with van der Waals surface area (Å²) >= 11 is 0. The number of aromatic nitrogens is 2. The summed E-state index contributed by atoms with van der Waals surface area (Å²) in [7, 11) is 1.60. The largest absolute Gasteiger partial charge is 0.491 e. The van der Waals surface area contributed by atoms with Crippen LogP contribution in [0, 0.1) is 0 Å². The minimum absolute atomic E-state index is 0.237. The van der Waals surface area contributed by atoms with E-state index in [0.717, 1.165) is 50.7 Å². The van der Waals surface area contributed by atoms with Crippen LogP contribution in [-0.4, -0.2) is 97.0 Å². The fourth-order valence-electron chi connectivity index (χ4n) is 4.24. The van der Waals surface area contributed by atoms with Crippen molar-refractivity contribution in [1.29, 1.82) is 0 Å². The van der Waals surface area contributed by atoms with Gasteiger partial charge in [-0.3, -0.25) is 14.7 Å². The standard InChI is InChI=1S/C23H27N7O4/c1-32-19-17(34-10-2-6-29-8-11-33-12-9-29)4-3-16-18(19)28-23(30-7-5-25-22(16)30)21-26-13-15(14-27-21)20(24)31/h3-4,13-14H,2,5-12H2,1H3,(H2,24,31). The smallest absolute Gasteiger partial charge is 0.251 e. The topological polar surface area (TPSA) is 128 Å². The van der Waals surface area contributed by atoms with Gasteiger partial charge in [-0.15, -0.1) is 0 Å². The molecule has 0 radical (unpaired) electrons. The highest BCUT2D eigenvalue weighted by molar-refractivity contribution is 6.20. The maximum absolute atomic E-state index is 11.4. The van der Waals surface area contributed by atoms with Crippen LogP contribution in [0.2, 0.25) is 0 Å². The molecule has 1 saturated heterocycles. The van der Waals surface area contributed by atoms with E-state index in [1.807, 2.05) is 17.0 Å². The van der Waals surface area contributed by atoms with Gasteiger partial charge in [0.2, 0.25) is 0 Å². The Bertz CT molecular complexity index is 1130. The molecule has 1 aromatic carbocycles. The quantitative estimate of drug-likeness (QED) is 0.568. The first-order chi connectivity index (χ1) is 16.7. The summed E-state index contributed by atoms with van der Waals surface area (Å²) < 4.78 is 17.2. The number of nitrogens with zero attached hydrogens (tertiary/aromatic N) is 6. The van der Waals surface area contributed by atoms with E-state index in [2.05, 4.69) is 19.9 Å². The van der Waals surface area contributed by atoms with E-state index < -0.39 is 5.91 Å². The number of hydrogen-bond donors (Lipinski definition) is 1. The van der Waals surface area contributed by atoms with E-state index in [4.69, 9.17) is 24.9 Å². The number of amides is 1. The van der Waals surface area contributed by atoms with Crippen molar-refractivity contribution in [1.82, 2.24) is 19.8 Å². The molecule has 1 aromatic heterocycles. The van der Waals surface area contributed by atoms with E-state index in [-0.39, 0.29) is 5.56 Å². The van der Waals surface area contributed by atoms with Crippen LogP contribution in [0.25, 0.3) is 0 Å². The van der Waals surface area contributed by atoms with Crippen molar-refractivity contribution in [3.63, 3.8) is 0 Å². The van der Waals surface area contributed by atoms with Crippen molar-refractivity contribution in [2.75, 3.05) is 59.7 Å². The van der Waals surface area contributed by atoms with Gasteiger partial charge in [0.1, 0.15) is 11.5 Å². The number of hydrogen-bond acceptors (Lipinski definition) is 10. The van der Waals surface area contributed by atoms with Crippen LogP contribution in [0.1, 0.15) is 28.2 Å². The molecular formula is C23H27N7O4. The molecule has 3 aliphatic heterocycles. The molecule has 1 fully saturated rings. The van der Waals surface area contributed by atoms with E-state index in [1.54, 1.807) is 7.11 Å². The Labute approximate surface area is 197 Å². The van der Waals surface area contributed by atoms with Crippen molar-refractivity contribution < 1.29 is 19.0 Å². The zero-order valence-corrected chi connectivity index (χ0v) is 19.1. The molecule has 2 aromatic rings. The molecule has 4 heterocycles. The number of amidine groups is 2. The summed E-state index contributed by atoms with van der Waals surface area (Å²) in [6.07, 6.45) is 3.71. The van der Waals surface area contributed by atoms with Crippen molar-refractivity contribution in [3.8, 4) is 11.5 Å². The molecule has 0 aliphatic carbocycles. The van der Waals surface area contributed by atoms with Crippen molar-refractivity contribution >= 4 is 23.3 Å². The van der Waals surface area contributed by atoms with Crippen LogP contribution < -0.4 is 15.2 Å². The Hall–Kier alpha value is -3.57. The summed E-state index contributed by atoms with van der Waals surface area (Å²) in [6.45, 7) is 6.32. The average Bonchev–Trinajstić information content (AvgIpc) is 3.37. The lowest BCUT2D eigenvalue weighted by atomic mass is 10.1. The lowest BCUT2D eigenvalue weighted by molar-refractivity contribution is 0.0357. The summed E-state index contributed by atoms with van der Waals surface area (Å²) in [6, 6.07) is 3.87. The van der Waals surface area contributed by atoms with Gasteiger partial charge in [-0.2, -0.15) is 0 Å². The van der Waals surface area contributed by atoms with Crippen LogP contribution in [0.5, 0.6) is 11.5 Å². The molecule has 0 bridgehead atoms. The molecule has 1 amide bonds. The number of morpholine rings is 1. The molecule has 0 spiro atoms. The normalized spacial score (nSPS) is 17.5. The lowest BCUT2D eigenvalue weighted by Crippen LogP contribution is -2.39. The SMILES string of the molecule is COc1c(OCCCN2CCOCC2)ccc2c1N=C(c1ncc(C(N)=O)cn1)N1CCN=C21. The molecule has 0 saturated carbocycles. The van der Waals surface area contributed by atoms with Crippen LogP contribution in [-0.2, 0) is 4.74 Å². The molecule has 5 rings (SSSR count). The lowest BCUT2D eigenvalue weighted by Gasteiger charge is -2.28. The van der Waals surface area contributed by atoms with Crippen LogP contribution >= 0.6 is 0 Å². The van der Waals surface area contributed by atoms with E-state index in [1.165, 1.54) is 12.4 Å². The van der Waals surface area contributed by atoms with E-state index in [0.29, 0.717) is 48.5 Å². The number of rotatable bonds is 8. The van der Waals surface area contributed by atoms with Crippen LogP contribution in [0.15, 0.2) is 34.5 Å². The van der Waals surface area contributed by atoms with Gasteiger partial charge in [0, 0.05) is 44.1 Å². The van der Waals surface area contributed by atoms with Crippen molar-refractivity contribution in [2.45, 2.75) is 6.42 Å². The monoisotopic (exact) mass is 465 g/mol. The number of ether oxygens (including phenoxy) is 3. The third-order valence-corrected chi connectivity index (χ3v) is 5.97. The Balaban J connectivity index is 1.40. The molecule has 2 N–H and O–H groups in total. The predicted molar refractivity (Wildman–Crippen MR) is 125 cm³/mol. The molecule has 11 heteroatoms. The van der Waals surface area contributed by atoms with Gasteiger partial charge in [-0.05, 0) is 18.6 Å². The van der Waals surface area contributed by atoms with Crippen molar-refractivity contribution in [2.24, 2.45) is 15.7 Å². The maximum Gasteiger partial charge on any atom is 0.251 e. The van der Waals surface area contributed by atoms with Gasteiger partial charge >= 0.3 is 0 Å². The Kier molecular flexibility index (Phi) is 6.37. The van der Waals surface area contributed by atoms with Gasteiger partial charge in [-0.25, -0.2) is 15.0 Å². The zero-order valence-electron chi connectivity index (χ0n) is 19.1. The number of benzene rings is 1. The van der Waals surface area contributed by atoms with Crippen LogP contribution in [0.3, 0.4) is 0 Å². The summed E-state index contributed by atoms with van der Waals surface area (Å²) in [5.41, 5.74) is 7.05. The minimum atomic E-state index is -0.581. The van der Waals surface area contributed by atoms with Gasteiger partial charge in [0.15, 0.2) is 23.2 Å². The number of aliphatic imine (C=N–C) groups is 2. The molecule has 3 aliphatic rings. The molecule has 0 unspecified atom stereocenters. The van der Waals surface area contributed by atoms with Gasteiger partial charge < -0.3 is 24.8 Å². The highest BCUT2D eigenvalue weighted by atomic mass is 16.5. The molecular weight excluding hydrogens is 438 g/mol. The predicted octanol–water partition coefficient (Wildman–Crippen LogP) is 0.839. The molecule has 11 nitrogen and oxygen atoms in total. The molecule has 34 heavy (non-hydrogen) atoms. The Morgan fingerprint density at radius 3 is 2.68 bits per heavy atom. The van der Waals surface area contributed by atoms with Gasteiger partial charge in [0.25, 0.3) is 5.91 Å². The first kappa shape index (κ1) is 22.2. The van der Waals surface area contributed by atoms with Gasteiger partial charge in [-0.1, -0.05) is 0 Å². The third kappa shape index (κ3) is 4.31. The number of methoxy groups -OCH3 is 1. The highest BCUT2D eigenvalue weighted by Crippen LogP contribution is 2.43. The number of primary amides is 1.